The van der Waals surface area contributed by atoms with Crippen LogP contribution in [0.25, 0.3) is 63.3 Å². The maximum Gasteiger partial charge on any atom is 0.0517 e. The lowest BCUT2D eigenvalue weighted by molar-refractivity contribution is 0.633. The Morgan fingerprint density at radius 2 is 0.950 bits per heavy atom. The van der Waals surface area contributed by atoms with Crippen molar-refractivity contribution < 1.29 is 0 Å². The fourth-order valence-corrected chi connectivity index (χ4v) is 11.1. The second-order valence-corrected chi connectivity index (χ2v) is 18.4. The van der Waals surface area contributed by atoms with Gasteiger partial charge in [-0.2, -0.15) is 0 Å². The maximum absolute atomic E-state index is 2.51. The quantitative estimate of drug-likeness (QED) is 0.164. The van der Waals surface area contributed by atoms with E-state index in [1.165, 1.54) is 103 Å². The van der Waals surface area contributed by atoms with Gasteiger partial charge in [0.05, 0.1) is 11.4 Å². The molecule has 0 unspecified atom stereocenters. The summed E-state index contributed by atoms with van der Waals surface area (Å²) in [4.78, 5) is 4.88. The van der Waals surface area contributed by atoms with Gasteiger partial charge in [-0.15, -0.1) is 11.3 Å². The molecule has 0 spiro atoms. The average molecular weight is 787 g/mol. The molecular formula is C57H42N2S. The Bertz CT molecular complexity index is 3530. The first kappa shape index (κ1) is 35.0. The second-order valence-electron chi connectivity index (χ2n) is 17.3. The standard InChI is InChI=1S/C57H42N2S/c1-35-11-9-15-45(23-35)58(46-16-10-12-36(2)24-46)47-21-19-39-28-42-30-48(22-20-40(42)27-41(39)29-47)59-53-18-8-7-17-51(53)57(3,4)52-33-50-49-31-43-25-37-13-5-6-14-38(37)26-44(43)32-55(49)60-56(50)34-54(52)59/h5-34H,1-4H3. The van der Waals surface area contributed by atoms with Crippen molar-refractivity contribution in [2.45, 2.75) is 33.1 Å². The van der Waals surface area contributed by atoms with Crippen molar-refractivity contribution in [1.29, 1.82) is 0 Å². The van der Waals surface area contributed by atoms with E-state index in [0.29, 0.717) is 0 Å². The van der Waals surface area contributed by atoms with Crippen LogP contribution in [0.3, 0.4) is 0 Å². The Kier molecular flexibility index (Phi) is 7.61. The average Bonchev–Trinajstić information content (AvgIpc) is 3.60. The molecule has 1 aliphatic heterocycles. The SMILES string of the molecule is Cc1cccc(N(c2cccc(C)c2)c2ccc3cc4cc(N5c6ccccc6C(C)(C)c6cc7c(cc65)sc5cc6cc8ccccc8cc6cc57)ccc4cc3c2)c1. The highest BCUT2D eigenvalue weighted by Gasteiger charge is 2.37. The number of rotatable bonds is 4. The van der Waals surface area contributed by atoms with Crippen LogP contribution in [-0.2, 0) is 5.41 Å². The van der Waals surface area contributed by atoms with E-state index in [1.54, 1.807) is 0 Å². The molecular weight excluding hydrogens is 745 g/mol. The molecule has 0 bridgehead atoms. The predicted molar refractivity (Wildman–Crippen MR) is 260 cm³/mol. The minimum absolute atomic E-state index is 0.187. The zero-order chi connectivity index (χ0) is 40.3. The van der Waals surface area contributed by atoms with Gasteiger partial charge in [-0.05, 0) is 182 Å². The van der Waals surface area contributed by atoms with Gasteiger partial charge in [0.1, 0.15) is 0 Å². The summed E-state index contributed by atoms with van der Waals surface area (Å²) in [7, 11) is 0. The minimum Gasteiger partial charge on any atom is -0.310 e. The largest absolute Gasteiger partial charge is 0.310 e. The molecule has 3 heteroatoms. The molecule has 0 N–H and O–H groups in total. The van der Waals surface area contributed by atoms with E-state index >= 15 is 0 Å². The topological polar surface area (TPSA) is 6.48 Å². The van der Waals surface area contributed by atoms with Crippen molar-refractivity contribution in [2.24, 2.45) is 0 Å². The lowest BCUT2D eigenvalue weighted by Gasteiger charge is -2.42. The molecule has 0 fully saturated rings. The Labute approximate surface area is 354 Å². The highest BCUT2D eigenvalue weighted by atomic mass is 32.1. The zero-order valence-corrected chi connectivity index (χ0v) is 34.9. The fraction of sp³-hybridized carbons (Fsp3) is 0.0877. The molecule has 12 rings (SSSR count). The van der Waals surface area contributed by atoms with Crippen LogP contribution in [0, 0.1) is 13.8 Å². The van der Waals surface area contributed by atoms with Crippen molar-refractivity contribution in [2.75, 3.05) is 9.80 Å². The number of hydrogen-bond donors (Lipinski definition) is 0. The van der Waals surface area contributed by atoms with Crippen LogP contribution in [0.15, 0.2) is 182 Å². The van der Waals surface area contributed by atoms with Gasteiger partial charge in [-0.3, -0.25) is 0 Å². The third-order valence-electron chi connectivity index (χ3n) is 12.9. The number of fused-ring (bicyclic) bond motifs is 9. The molecule has 1 aromatic heterocycles. The Hall–Kier alpha value is -6.94. The van der Waals surface area contributed by atoms with E-state index in [2.05, 4.69) is 219 Å². The molecule has 0 amide bonds. The highest BCUT2D eigenvalue weighted by Crippen LogP contribution is 2.54. The molecule has 10 aromatic carbocycles. The summed E-state index contributed by atoms with van der Waals surface area (Å²) in [6, 6.07) is 68.4. The molecule has 2 nitrogen and oxygen atoms in total. The number of para-hydroxylation sites is 1. The first-order valence-corrected chi connectivity index (χ1v) is 21.7. The minimum atomic E-state index is -0.187. The summed E-state index contributed by atoms with van der Waals surface area (Å²) in [5, 5.41) is 12.7. The fourth-order valence-electron chi connectivity index (χ4n) is 9.92. The summed E-state index contributed by atoms with van der Waals surface area (Å²) >= 11 is 1.91. The third kappa shape index (κ3) is 5.46. The van der Waals surface area contributed by atoms with E-state index in [4.69, 9.17) is 0 Å². The molecule has 286 valence electrons. The van der Waals surface area contributed by atoms with Crippen molar-refractivity contribution in [1.82, 2.24) is 0 Å². The molecule has 1 aliphatic rings. The van der Waals surface area contributed by atoms with Crippen molar-refractivity contribution in [3.63, 3.8) is 0 Å². The molecule has 11 aromatic rings. The third-order valence-corrected chi connectivity index (χ3v) is 14.1. The van der Waals surface area contributed by atoms with Gasteiger partial charge in [0.25, 0.3) is 0 Å². The predicted octanol–water partition coefficient (Wildman–Crippen LogP) is 16.9. The monoisotopic (exact) mass is 786 g/mol. The molecule has 0 saturated carbocycles. The van der Waals surface area contributed by atoms with Gasteiger partial charge in [0.15, 0.2) is 0 Å². The normalized spacial score (nSPS) is 13.4. The van der Waals surface area contributed by atoms with Crippen LogP contribution >= 0.6 is 11.3 Å². The highest BCUT2D eigenvalue weighted by molar-refractivity contribution is 7.26. The Morgan fingerprint density at radius 3 is 1.65 bits per heavy atom. The number of anilines is 6. The van der Waals surface area contributed by atoms with E-state index < -0.39 is 0 Å². The lowest BCUT2D eigenvalue weighted by atomic mass is 9.73. The summed E-state index contributed by atoms with van der Waals surface area (Å²) in [6.45, 7) is 9.11. The molecule has 0 saturated heterocycles. The second kappa shape index (κ2) is 13.0. The van der Waals surface area contributed by atoms with Gasteiger partial charge in [0.2, 0.25) is 0 Å². The van der Waals surface area contributed by atoms with Crippen LogP contribution < -0.4 is 9.80 Å². The smallest absolute Gasteiger partial charge is 0.0517 e. The summed E-state index contributed by atoms with van der Waals surface area (Å²) in [5.41, 5.74) is 12.1. The molecule has 0 radical (unpaired) electrons. The van der Waals surface area contributed by atoms with Gasteiger partial charge >= 0.3 is 0 Å². The summed E-state index contributed by atoms with van der Waals surface area (Å²) in [5.74, 6) is 0. The summed E-state index contributed by atoms with van der Waals surface area (Å²) in [6.07, 6.45) is 0. The van der Waals surface area contributed by atoms with Gasteiger partial charge in [-0.1, -0.05) is 92.7 Å². The number of aryl methyl sites for hydroxylation is 2. The van der Waals surface area contributed by atoms with Gasteiger partial charge < -0.3 is 9.80 Å². The van der Waals surface area contributed by atoms with Gasteiger partial charge in [-0.25, -0.2) is 0 Å². The lowest BCUT2D eigenvalue weighted by Crippen LogP contribution is -2.30. The van der Waals surface area contributed by atoms with Crippen molar-refractivity contribution in [3.05, 3.63) is 204 Å². The van der Waals surface area contributed by atoms with E-state index in [9.17, 15) is 0 Å². The van der Waals surface area contributed by atoms with Crippen LogP contribution in [-0.4, -0.2) is 0 Å². The number of thiophene rings is 1. The molecule has 2 heterocycles. The van der Waals surface area contributed by atoms with Crippen LogP contribution in [0.4, 0.5) is 34.1 Å². The summed E-state index contributed by atoms with van der Waals surface area (Å²) < 4.78 is 2.65. The first-order chi connectivity index (χ1) is 29.2. The Balaban J connectivity index is 1.000. The number of hydrogen-bond acceptors (Lipinski definition) is 3. The maximum atomic E-state index is 2.51. The van der Waals surface area contributed by atoms with E-state index in [0.717, 1.165) is 17.1 Å². The zero-order valence-electron chi connectivity index (χ0n) is 34.1. The van der Waals surface area contributed by atoms with Crippen molar-refractivity contribution >= 4 is 109 Å². The molecule has 0 atom stereocenters. The van der Waals surface area contributed by atoms with Crippen LogP contribution in [0.2, 0.25) is 0 Å². The van der Waals surface area contributed by atoms with Gasteiger partial charge in [0, 0.05) is 48.3 Å². The van der Waals surface area contributed by atoms with E-state index in [1.807, 2.05) is 11.3 Å². The van der Waals surface area contributed by atoms with Crippen molar-refractivity contribution in [3.8, 4) is 0 Å². The van der Waals surface area contributed by atoms with E-state index in [-0.39, 0.29) is 5.41 Å². The molecule has 0 aliphatic carbocycles. The first-order valence-electron chi connectivity index (χ1n) is 20.9. The molecule has 60 heavy (non-hydrogen) atoms. The van der Waals surface area contributed by atoms with Crippen LogP contribution in [0.5, 0.6) is 0 Å². The number of benzene rings is 10. The van der Waals surface area contributed by atoms with Crippen LogP contribution in [0.1, 0.15) is 36.1 Å². The number of nitrogens with zero attached hydrogens (tertiary/aromatic N) is 2. The Morgan fingerprint density at radius 1 is 0.400 bits per heavy atom.